The number of rotatable bonds is 7. The van der Waals surface area contributed by atoms with Crippen LogP contribution in [0.25, 0.3) is 0 Å². The molecule has 4 N–H and O–H groups in total. The van der Waals surface area contributed by atoms with Crippen molar-refractivity contribution in [2.24, 2.45) is 5.73 Å². The smallest absolute Gasteiger partial charge is 0.248 e. The van der Waals surface area contributed by atoms with E-state index in [4.69, 9.17) is 5.73 Å². The highest BCUT2D eigenvalue weighted by Crippen LogP contribution is 2.09. The molecule has 0 aliphatic carbocycles. The van der Waals surface area contributed by atoms with Crippen LogP contribution in [0.5, 0.6) is 0 Å². The molecular formula is C17H19N3O2. The molecule has 0 heterocycles. The van der Waals surface area contributed by atoms with Gasteiger partial charge in [-0.1, -0.05) is 36.4 Å². The van der Waals surface area contributed by atoms with Gasteiger partial charge < -0.3 is 16.4 Å². The van der Waals surface area contributed by atoms with Gasteiger partial charge in [0.15, 0.2) is 0 Å². The Hall–Kier alpha value is -2.66. The Morgan fingerprint density at radius 2 is 1.77 bits per heavy atom. The van der Waals surface area contributed by atoms with Gasteiger partial charge >= 0.3 is 0 Å². The lowest BCUT2D eigenvalue weighted by atomic mass is 10.1. The minimum absolute atomic E-state index is 0.158. The number of nitrogens with one attached hydrogen (secondary N) is 2. The lowest BCUT2D eigenvalue weighted by Gasteiger charge is -2.07. The van der Waals surface area contributed by atoms with Crippen molar-refractivity contribution < 1.29 is 9.59 Å². The van der Waals surface area contributed by atoms with Crippen LogP contribution in [-0.2, 0) is 11.2 Å². The minimum atomic E-state index is -0.517. The number of nitrogens with two attached hydrogens (primary N) is 1. The molecular weight excluding hydrogens is 278 g/mol. The van der Waals surface area contributed by atoms with Gasteiger partial charge in [-0.2, -0.15) is 0 Å². The van der Waals surface area contributed by atoms with E-state index in [9.17, 15) is 9.59 Å². The quantitative estimate of drug-likeness (QED) is 0.678. The molecule has 0 radical (unpaired) electrons. The zero-order chi connectivity index (χ0) is 15.8. The second-order valence-corrected chi connectivity index (χ2v) is 4.91. The van der Waals surface area contributed by atoms with Crippen LogP contribution in [0.15, 0.2) is 54.6 Å². The van der Waals surface area contributed by atoms with Crippen molar-refractivity contribution in [3.8, 4) is 0 Å². The summed E-state index contributed by atoms with van der Waals surface area (Å²) in [4.78, 5) is 22.9. The summed E-state index contributed by atoms with van der Waals surface area (Å²) >= 11 is 0. The fourth-order valence-electron chi connectivity index (χ4n) is 2.03. The molecule has 0 bridgehead atoms. The van der Waals surface area contributed by atoms with Crippen molar-refractivity contribution in [2.75, 3.05) is 18.4 Å². The van der Waals surface area contributed by atoms with Crippen LogP contribution in [0.3, 0.4) is 0 Å². The summed E-state index contributed by atoms with van der Waals surface area (Å²) in [6.45, 7) is 0.937. The normalized spacial score (nSPS) is 10.2. The van der Waals surface area contributed by atoms with Gasteiger partial charge in [-0.25, -0.2) is 0 Å². The first-order chi connectivity index (χ1) is 10.6. The molecule has 0 atom stereocenters. The molecule has 5 nitrogen and oxygen atoms in total. The molecule has 22 heavy (non-hydrogen) atoms. The maximum absolute atomic E-state index is 11.8. The number of carbonyl (C=O) groups is 2. The van der Waals surface area contributed by atoms with Crippen LogP contribution in [0.1, 0.15) is 15.9 Å². The van der Waals surface area contributed by atoms with Gasteiger partial charge in [0.05, 0.1) is 6.54 Å². The third-order valence-electron chi connectivity index (χ3n) is 3.15. The lowest BCUT2D eigenvalue weighted by molar-refractivity contribution is -0.115. The fraction of sp³-hybridized carbons (Fsp3) is 0.176. The molecule has 0 aliphatic heterocycles. The monoisotopic (exact) mass is 297 g/mol. The van der Waals surface area contributed by atoms with E-state index in [-0.39, 0.29) is 12.5 Å². The molecule has 0 saturated carbocycles. The first-order valence-corrected chi connectivity index (χ1v) is 7.09. The summed E-state index contributed by atoms with van der Waals surface area (Å²) in [5, 5.41) is 5.81. The molecule has 114 valence electrons. The van der Waals surface area contributed by atoms with Crippen molar-refractivity contribution in [3.05, 3.63) is 65.7 Å². The molecule has 0 saturated heterocycles. The molecule has 0 aliphatic rings. The third kappa shape index (κ3) is 5.03. The third-order valence-corrected chi connectivity index (χ3v) is 3.15. The van der Waals surface area contributed by atoms with Gasteiger partial charge in [-0.3, -0.25) is 9.59 Å². The van der Waals surface area contributed by atoms with Crippen LogP contribution < -0.4 is 16.4 Å². The van der Waals surface area contributed by atoms with Crippen molar-refractivity contribution >= 4 is 17.5 Å². The number of amides is 2. The minimum Gasteiger partial charge on any atom is -0.366 e. The summed E-state index contributed by atoms with van der Waals surface area (Å²) in [5.74, 6) is -0.674. The highest BCUT2D eigenvalue weighted by molar-refractivity contribution is 5.96. The first kappa shape index (κ1) is 15.7. The van der Waals surface area contributed by atoms with E-state index in [1.54, 1.807) is 24.3 Å². The summed E-state index contributed by atoms with van der Waals surface area (Å²) in [7, 11) is 0. The summed E-state index contributed by atoms with van der Waals surface area (Å²) < 4.78 is 0. The fourth-order valence-corrected chi connectivity index (χ4v) is 2.03. The summed E-state index contributed by atoms with van der Waals surface area (Å²) in [5.41, 5.74) is 7.36. The molecule has 0 spiro atoms. The predicted molar refractivity (Wildman–Crippen MR) is 86.6 cm³/mol. The largest absolute Gasteiger partial charge is 0.366 e. The van der Waals surface area contributed by atoms with E-state index in [1.165, 1.54) is 5.56 Å². The van der Waals surface area contributed by atoms with Gasteiger partial charge in [0.1, 0.15) is 0 Å². The SMILES string of the molecule is NC(=O)c1cccc(NC(=O)CNCCc2ccccc2)c1. The van der Waals surface area contributed by atoms with Gasteiger partial charge in [0.25, 0.3) is 0 Å². The van der Waals surface area contributed by atoms with Gasteiger partial charge in [-0.15, -0.1) is 0 Å². The molecule has 2 aromatic carbocycles. The predicted octanol–water partition coefficient (Wildman–Crippen LogP) is 1.56. The number of anilines is 1. The van der Waals surface area contributed by atoms with Crippen molar-refractivity contribution in [1.82, 2.24) is 5.32 Å². The molecule has 2 aromatic rings. The van der Waals surface area contributed by atoms with E-state index < -0.39 is 5.91 Å². The Labute approximate surface area is 129 Å². The number of hydrogen-bond donors (Lipinski definition) is 3. The lowest BCUT2D eigenvalue weighted by Crippen LogP contribution is -2.29. The van der Waals surface area contributed by atoms with Gasteiger partial charge in [0, 0.05) is 11.3 Å². The van der Waals surface area contributed by atoms with Crippen LogP contribution >= 0.6 is 0 Å². The molecule has 0 unspecified atom stereocenters. The van der Waals surface area contributed by atoms with Gasteiger partial charge in [-0.05, 0) is 36.7 Å². The second-order valence-electron chi connectivity index (χ2n) is 4.91. The molecule has 0 aromatic heterocycles. The average molecular weight is 297 g/mol. The van der Waals surface area contributed by atoms with Crippen molar-refractivity contribution in [1.29, 1.82) is 0 Å². The zero-order valence-electron chi connectivity index (χ0n) is 12.2. The highest BCUT2D eigenvalue weighted by Gasteiger charge is 2.05. The Morgan fingerprint density at radius 3 is 2.50 bits per heavy atom. The Bertz CT molecular complexity index is 641. The second kappa shape index (κ2) is 7.95. The van der Waals surface area contributed by atoms with Crippen LogP contribution in [0.4, 0.5) is 5.69 Å². The Kier molecular flexibility index (Phi) is 5.68. The Morgan fingerprint density at radius 1 is 1.00 bits per heavy atom. The molecule has 2 amide bonds. The maximum Gasteiger partial charge on any atom is 0.248 e. The number of primary amides is 1. The van der Waals surface area contributed by atoms with Crippen molar-refractivity contribution in [3.63, 3.8) is 0 Å². The van der Waals surface area contributed by atoms with E-state index in [2.05, 4.69) is 22.8 Å². The number of hydrogen-bond acceptors (Lipinski definition) is 3. The summed E-state index contributed by atoms with van der Waals surface area (Å²) in [6, 6.07) is 16.6. The molecule has 0 fully saturated rings. The number of carbonyl (C=O) groups excluding carboxylic acids is 2. The van der Waals surface area contributed by atoms with Crippen LogP contribution in [-0.4, -0.2) is 24.9 Å². The highest BCUT2D eigenvalue weighted by atomic mass is 16.2. The standard InChI is InChI=1S/C17H19N3O2/c18-17(22)14-7-4-8-15(11-14)20-16(21)12-19-10-9-13-5-2-1-3-6-13/h1-8,11,19H,9-10,12H2,(H2,18,22)(H,20,21). The van der Waals surface area contributed by atoms with Crippen molar-refractivity contribution in [2.45, 2.75) is 6.42 Å². The molecule has 2 rings (SSSR count). The zero-order valence-corrected chi connectivity index (χ0v) is 12.2. The van der Waals surface area contributed by atoms with Gasteiger partial charge in [0.2, 0.25) is 11.8 Å². The summed E-state index contributed by atoms with van der Waals surface area (Å²) in [6.07, 6.45) is 0.866. The van der Waals surface area contributed by atoms with E-state index in [1.807, 2.05) is 18.2 Å². The average Bonchev–Trinajstić information content (AvgIpc) is 2.53. The van der Waals surface area contributed by atoms with E-state index in [0.717, 1.165) is 13.0 Å². The maximum atomic E-state index is 11.8. The molecule has 5 heteroatoms. The van der Waals surface area contributed by atoms with E-state index in [0.29, 0.717) is 11.3 Å². The Balaban J connectivity index is 1.74. The number of benzene rings is 2. The van der Waals surface area contributed by atoms with E-state index >= 15 is 0 Å². The first-order valence-electron chi connectivity index (χ1n) is 7.09. The van der Waals surface area contributed by atoms with Crippen LogP contribution in [0.2, 0.25) is 0 Å². The van der Waals surface area contributed by atoms with Crippen LogP contribution in [0, 0.1) is 0 Å². The topological polar surface area (TPSA) is 84.2 Å².